The van der Waals surface area contributed by atoms with Crippen LogP contribution < -0.4 is 0 Å². The summed E-state index contributed by atoms with van der Waals surface area (Å²) in [6.07, 6.45) is 5.69. The Bertz CT molecular complexity index is 386. The van der Waals surface area contributed by atoms with Crippen molar-refractivity contribution in [1.82, 2.24) is 0 Å². The van der Waals surface area contributed by atoms with Gasteiger partial charge in [0, 0.05) is 22.2 Å². The van der Waals surface area contributed by atoms with E-state index in [1.807, 2.05) is 6.07 Å². The molecule has 0 atom stereocenters. The van der Waals surface area contributed by atoms with Crippen LogP contribution in [-0.4, -0.2) is 22.6 Å². The molecule has 1 aliphatic rings. The average molecular weight is 214 g/mol. The molecular weight excluding hydrogens is 200 g/mol. The fourth-order valence-electron chi connectivity index (χ4n) is 1.64. The van der Waals surface area contributed by atoms with Crippen LogP contribution in [0.25, 0.3) is 0 Å². The molecule has 5 heteroatoms. The van der Waals surface area contributed by atoms with E-state index in [1.165, 1.54) is 12.5 Å². The lowest BCUT2D eigenvalue weighted by Crippen LogP contribution is -2.25. The van der Waals surface area contributed by atoms with Gasteiger partial charge >= 0.3 is 0 Å². The van der Waals surface area contributed by atoms with Crippen LogP contribution in [0.4, 0.5) is 0 Å². The molecule has 0 unspecified atom stereocenters. The number of hydrogen-bond donors (Lipinski definition) is 0. The molecule has 1 rings (SSSR count). The number of carbonyl (C=O) groups excluding carboxylic acids is 1. The van der Waals surface area contributed by atoms with E-state index in [-0.39, 0.29) is 0 Å². The van der Waals surface area contributed by atoms with E-state index in [0.29, 0.717) is 12.8 Å². The maximum absolute atomic E-state index is 11.6. The zero-order valence-corrected chi connectivity index (χ0v) is 9.26. The SMILES string of the molecule is CS(C)(=O)=NC(=O)C1(C#N)CCCC1. The highest BCUT2D eigenvalue weighted by atomic mass is 32.2. The molecule has 0 bridgehead atoms. The highest BCUT2D eigenvalue weighted by Gasteiger charge is 2.41. The molecule has 0 heterocycles. The minimum absolute atomic E-state index is 0.493. The van der Waals surface area contributed by atoms with Crippen LogP contribution >= 0.6 is 0 Å². The minimum atomic E-state index is -2.43. The summed E-state index contributed by atoms with van der Waals surface area (Å²) in [5.41, 5.74) is -0.977. The summed E-state index contributed by atoms with van der Waals surface area (Å²) >= 11 is 0. The monoisotopic (exact) mass is 214 g/mol. The fourth-order valence-corrected chi connectivity index (χ4v) is 2.21. The lowest BCUT2D eigenvalue weighted by atomic mass is 9.87. The number of rotatable bonds is 1. The van der Waals surface area contributed by atoms with E-state index in [9.17, 15) is 9.00 Å². The second kappa shape index (κ2) is 3.70. The molecule has 0 saturated heterocycles. The van der Waals surface area contributed by atoms with Gasteiger partial charge in [0.2, 0.25) is 0 Å². The second-order valence-corrected chi connectivity index (χ2v) is 6.52. The summed E-state index contributed by atoms with van der Waals surface area (Å²) in [7, 11) is -2.43. The van der Waals surface area contributed by atoms with Crippen LogP contribution in [0.1, 0.15) is 25.7 Å². The van der Waals surface area contributed by atoms with Gasteiger partial charge in [-0.15, -0.1) is 0 Å². The van der Waals surface area contributed by atoms with Crippen molar-refractivity contribution in [2.75, 3.05) is 12.5 Å². The van der Waals surface area contributed by atoms with Gasteiger partial charge in [0.15, 0.2) is 0 Å². The highest BCUT2D eigenvalue weighted by molar-refractivity contribution is 7.92. The Morgan fingerprint density at radius 1 is 1.43 bits per heavy atom. The maximum Gasteiger partial charge on any atom is 0.274 e. The third kappa shape index (κ3) is 2.32. The molecule has 78 valence electrons. The molecule has 0 aliphatic heterocycles. The zero-order chi connectivity index (χ0) is 10.8. The first-order valence-electron chi connectivity index (χ1n) is 4.52. The summed E-state index contributed by atoms with van der Waals surface area (Å²) in [4.78, 5) is 11.6. The molecule has 4 nitrogen and oxygen atoms in total. The molecule has 0 N–H and O–H groups in total. The summed E-state index contributed by atoms with van der Waals surface area (Å²) in [5, 5.41) is 8.96. The molecule has 1 aliphatic carbocycles. The van der Waals surface area contributed by atoms with Crippen LogP contribution in [0.3, 0.4) is 0 Å². The number of carbonyl (C=O) groups is 1. The van der Waals surface area contributed by atoms with E-state index >= 15 is 0 Å². The predicted molar refractivity (Wildman–Crippen MR) is 53.9 cm³/mol. The van der Waals surface area contributed by atoms with Crippen molar-refractivity contribution in [2.24, 2.45) is 9.78 Å². The van der Waals surface area contributed by atoms with Gasteiger partial charge in [-0.2, -0.15) is 9.62 Å². The van der Waals surface area contributed by atoms with Crippen molar-refractivity contribution in [2.45, 2.75) is 25.7 Å². The van der Waals surface area contributed by atoms with Gasteiger partial charge in [-0.3, -0.25) is 4.79 Å². The van der Waals surface area contributed by atoms with Crippen LogP contribution in [0.2, 0.25) is 0 Å². The normalized spacial score (nSPS) is 20.1. The molecule has 14 heavy (non-hydrogen) atoms. The van der Waals surface area contributed by atoms with Crippen LogP contribution in [0.5, 0.6) is 0 Å². The molecule has 1 amide bonds. The van der Waals surface area contributed by atoms with Crippen LogP contribution in [0, 0.1) is 16.7 Å². The Morgan fingerprint density at radius 2 is 1.93 bits per heavy atom. The van der Waals surface area contributed by atoms with Crippen LogP contribution in [0.15, 0.2) is 4.36 Å². The lowest BCUT2D eigenvalue weighted by Gasteiger charge is -2.14. The number of nitrogens with zero attached hydrogens (tertiary/aromatic N) is 2. The molecule has 0 aromatic carbocycles. The minimum Gasteiger partial charge on any atom is -0.270 e. The molecule has 1 saturated carbocycles. The van der Waals surface area contributed by atoms with E-state index in [2.05, 4.69) is 4.36 Å². The quantitative estimate of drug-likeness (QED) is 0.661. The topological polar surface area (TPSA) is 70.3 Å². The third-order valence-electron chi connectivity index (χ3n) is 2.38. The Hall–Kier alpha value is -0.890. The van der Waals surface area contributed by atoms with Crippen molar-refractivity contribution >= 4 is 15.6 Å². The predicted octanol–water partition coefficient (Wildman–Crippen LogP) is 1.32. The molecule has 0 aromatic rings. The van der Waals surface area contributed by atoms with Gasteiger partial charge in [-0.1, -0.05) is 12.8 Å². The van der Waals surface area contributed by atoms with Gasteiger partial charge in [0.25, 0.3) is 5.91 Å². The average Bonchev–Trinajstić information content (AvgIpc) is 2.49. The Morgan fingerprint density at radius 3 is 2.29 bits per heavy atom. The third-order valence-corrected chi connectivity index (χ3v) is 2.99. The molecule has 1 fully saturated rings. The highest BCUT2D eigenvalue weighted by Crippen LogP contribution is 2.38. The Balaban J connectivity index is 3.00. The van der Waals surface area contributed by atoms with E-state index in [4.69, 9.17) is 5.26 Å². The largest absolute Gasteiger partial charge is 0.274 e. The Labute approximate surface area is 84.5 Å². The maximum atomic E-state index is 11.6. The summed E-state index contributed by atoms with van der Waals surface area (Å²) in [6.45, 7) is 0. The molecule has 0 radical (unpaired) electrons. The first-order chi connectivity index (χ1) is 6.40. The molecule has 0 spiro atoms. The Kier molecular flexibility index (Phi) is 2.95. The number of amides is 1. The summed E-state index contributed by atoms with van der Waals surface area (Å²) in [5.74, 6) is -0.493. The zero-order valence-electron chi connectivity index (χ0n) is 8.45. The summed E-state index contributed by atoms with van der Waals surface area (Å²) < 4.78 is 14.9. The first kappa shape index (κ1) is 11.2. The van der Waals surface area contributed by atoms with Gasteiger partial charge in [0.1, 0.15) is 5.41 Å². The summed E-state index contributed by atoms with van der Waals surface area (Å²) in [6, 6.07) is 2.03. The van der Waals surface area contributed by atoms with Crippen molar-refractivity contribution in [3.63, 3.8) is 0 Å². The van der Waals surface area contributed by atoms with Gasteiger partial charge in [-0.05, 0) is 12.8 Å². The number of nitriles is 1. The van der Waals surface area contributed by atoms with E-state index in [1.54, 1.807) is 0 Å². The van der Waals surface area contributed by atoms with Crippen LogP contribution in [-0.2, 0) is 14.5 Å². The fraction of sp³-hybridized carbons (Fsp3) is 0.778. The van der Waals surface area contributed by atoms with Crippen molar-refractivity contribution < 1.29 is 9.00 Å². The van der Waals surface area contributed by atoms with Crippen molar-refractivity contribution in [3.05, 3.63) is 0 Å². The van der Waals surface area contributed by atoms with Gasteiger partial charge in [0.05, 0.1) is 6.07 Å². The van der Waals surface area contributed by atoms with Gasteiger partial charge < -0.3 is 0 Å². The number of hydrogen-bond acceptors (Lipinski definition) is 3. The molecular formula is C9H14N2O2S. The smallest absolute Gasteiger partial charge is 0.270 e. The van der Waals surface area contributed by atoms with E-state index < -0.39 is 21.1 Å². The van der Waals surface area contributed by atoms with Crippen molar-refractivity contribution in [3.8, 4) is 6.07 Å². The van der Waals surface area contributed by atoms with Gasteiger partial charge in [-0.25, -0.2) is 4.21 Å². The standard InChI is InChI=1S/C9H14N2O2S/c1-14(2,13)11-8(12)9(7-10)5-3-4-6-9/h3-6H2,1-2H3. The molecule has 0 aromatic heterocycles. The lowest BCUT2D eigenvalue weighted by molar-refractivity contribution is -0.124. The second-order valence-electron chi connectivity index (χ2n) is 3.98. The van der Waals surface area contributed by atoms with E-state index in [0.717, 1.165) is 12.8 Å². The first-order valence-corrected chi connectivity index (χ1v) is 6.86. The van der Waals surface area contributed by atoms with Crippen molar-refractivity contribution in [1.29, 1.82) is 5.26 Å².